The number of carbonyl (C=O) groups excluding carboxylic acids is 2. The van der Waals surface area contributed by atoms with E-state index in [1.165, 1.54) is 23.0 Å². The fourth-order valence-corrected chi connectivity index (χ4v) is 4.29. The summed E-state index contributed by atoms with van der Waals surface area (Å²) in [4.78, 5) is 34.8. The molecule has 0 bridgehead atoms. The minimum absolute atomic E-state index is 0.178. The second kappa shape index (κ2) is 9.02. The summed E-state index contributed by atoms with van der Waals surface area (Å²) in [6.07, 6.45) is -0.334. The van der Waals surface area contributed by atoms with Crippen molar-refractivity contribution in [1.29, 1.82) is 0 Å². The number of nitrogens with zero attached hydrogens (tertiary/aromatic N) is 6. The molecule has 3 aromatic heterocycles. The van der Waals surface area contributed by atoms with Gasteiger partial charge in [0.2, 0.25) is 5.91 Å². The lowest BCUT2D eigenvalue weighted by molar-refractivity contribution is -0.143. The van der Waals surface area contributed by atoms with Gasteiger partial charge in [-0.2, -0.15) is 18.3 Å². The number of pyridine rings is 2. The van der Waals surface area contributed by atoms with Crippen molar-refractivity contribution >= 4 is 39.4 Å². The van der Waals surface area contributed by atoms with E-state index in [-0.39, 0.29) is 29.6 Å². The van der Waals surface area contributed by atoms with Gasteiger partial charge in [0.05, 0.1) is 40.4 Å². The van der Waals surface area contributed by atoms with Crippen molar-refractivity contribution < 1.29 is 22.8 Å². The molecule has 12 heteroatoms. The highest BCUT2D eigenvalue weighted by atomic mass is 19.4. The number of nitrogen functional groups attached to an aromatic ring is 1. The molecule has 1 aliphatic rings. The Labute approximate surface area is 209 Å². The molecule has 1 fully saturated rings. The van der Waals surface area contributed by atoms with Crippen molar-refractivity contribution in [3.8, 4) is 0 Å². The molecule has 0 saturated heterocycles. The number of alkyl halides is 3. The number of anilines is 1. The van der Waals surface area contributed by atoms with Crippen molar-refractivity contribution in [2.45, 2.75) is 32.5 Å². The van der Waals surface area contributed by atoms with Crippen LogP contribution in [0.2, 0.25) is 0 Å². The molecule has 2 amide bonds. The molecule has 3 heterocycles. The van der Waals surface area contributed by atoms with Gasteiger partial charge in [-0.1, -0.05) is 0 Å². The van der Waals surface area contributed by atoms with E-state index >= 15 is 0 Å². The molecule has 1 aliphatic carbocycles. The van der Waals surface area contributed by atoms with Crippen LogP contribution in [0.1, 0.15) is 41.4 Å². The number of fused-ring (bicyclic) bond motifs is 3. The van der Waals surface area contributed by atoms with Gasteiger partial charge in [0.1, 0.15) is 5.82 Å². The predicted molar refractivity (Wildman–Crippen MR) is 130 cm³/mol. The molecule has 2 N–H and O–H groups in total. The van der Waals surface area contributed by atoms with Gasteiger partial charge in [-0.25, -0.2) is 9.99 Å². The molecule has 1 aromatic carbocycles. The lowest BCUT2D eigenvalue weighted by Gasteiger charge is -2.34. The van der Waals surface area contributed by atoms with Crippen molar-refractivity contribution in [3.05, 3.63) is 59.5 Å². The number of hydrazine groups is 1. The molecule has 0 unspecified atom stereocenters. The number of hydrogen-bond acceptors (Lipinski definition) is 6. The number of aromatic nitrogens is 4. The molecule has 5 rings (SSSR count). The van der Waals surface area contributed by atoms with Crippen LogP contribution in [0.25, 0.3) is 21.8 Å². The summed E-state index contributed by atoms with van der Waals surface area (Å²) in [6, 6.07) is 7.04. The van der Waals surface area contributed by atoms with Gasteiger partial charge < -0.3 is 5.73 Å². The maximum atomic E-state index is 13.8. The quantitative estimate of drug-likeness (QED) is 0.407. The monoisotopic (exact) mass is 511 g/mol. The van der Waals surface area contributed by atoms with E-state index in [1.807, 2.05) is 0 Å². The number of carbonyl (C=O) groups is 2. The Kier molecular flexibility index (Phi) is 5.97. The zero-order chi connectivity index (χ0) is 26.5. The molecule has 0 atom stereocenters. The Morgan fingerprint density at radius 1 is 1.11 bits per heavy atom. The first-order valence-corrected chi connectivity index (χ1v) is 11.7. The average Bonchev–Trinajstić information content (AvgIpc) is 3.59. The summed E-state index contributed by atoms with van der Waals surface area (Å²) in [6.45, 7) is 1.51. The van der Waals surface area contributed by atoms with E-state index in [0.717, 1.165) is 25.1 Å². The third-order valence-corrected chi connectivity index (χ3v) is 6.44. The molecule has 0 spiro atoms. The molecule has 9 nitrogen and oxygen atoms in total. The summed E-state index contributed by atoms with van der Waals surface area (Å²) in [5.41, 5.74) is 6.94. The van der Waals surface area contributed by atoms with Crippen LogP contribution in [0.4, 0.5) is 19.0 Å². The summed E-state index contributed by atoms with van der Waals surface area (Å²) in [5.74, 6) is -0.266. The third-order valence-electron chi connectivity index (χ3n) is 6.44. The minimum atomic E-state index is -4.53. The van der Waals surface area contributed by atoms with E-state index in [2.05, 4.69) is 15.1 Å². The minimum Gasteiger partial charge on any atom is -0.383 e. The van der Waals surface area contributed by atoms with Crippen LogP contribution in [-0.2, 0) is 24.6 Å². The topological polar surface area (TPSA) is 110 Å². The lowest BCUT2D eigenvalue weighted by Crippen LogP contribution is -2.49. The largest absolute Gasteiger partial charge is 0.417 e. The van der Waals surface area contributed by atoms with Crippen molar-refractivity contribution in [3.63, 3.8) is 0 Å². The van der Waals surface area contributed by atoms with Crippen LogP contribution in [0.3, 0.4) is 0 Å². The summed E-state index contributed by atoms with van der Waals surface area (Å²) in [7, 11) is 1.76. The van der Waals surface area contributed by atoms with Gasteiger partial charge in [-0.3, -0.25) is 24.3 Å². The fraction of sp³-hybridized carbons (Fsp3) is 0.320. The number of hydrogen-bond donors (Lipinski definition) is 1. The van der Waals surface area contributed by atoms with E-state index in [9.17, 15) is 22.8 Å². The summed E-state index contributed by atoms with van der Waals surface area (Å²) >= 11 is 0. The Bertz CT molecular complexity index is 1510. The first-order valence-electron chi connectivity index (χ1n) is 11.7. The highest BCUT2D eigenvalue weighted by Crippen LogP contribution is 2.32. The molecule has 0 aliphatic heterocycles. The average molecular weight is 512 g/mol. The summed E-state index contributed by atoms with van der Waals surface area (Å²) < 4.78 is 40.7. The molecule has 4 aromatic rings. The Morgan fingerprint density at radius 3 is 2.49 bits per heavy atom. The maximum Gasteiger partial charge on any atom is 0.417 e. The van der Waals surface area contributed by atoms with Gasteiger partial charge in [-0.15, -0.1) is 0 Å². The van der Waals surface area contributed by atoms with Crippen LogP contribution >= 0.6 is 0 Å². The first kappa shape index (κ1) is 24.5. The van der Waals surface area contributed by atoms with Crippen LogP contribution in [-0.4, -0.2) is 48.1 Å². The van der Waals surface area contributed by atoms with E-state index in [1.54, 1.807) is 36.1 Å². The number of amides is 2. The molecule has 0 radical (unpaired) electrons. The molecule has 192 valence electrons. The van der Waals surface area contributed by atoms with Gasteiger partial charge in [-0.05, 0) is 49.1 Å². The Morgan fingerprint density at radius 2 is 1.86 bits per heavy atom. The highest BCUT2D eigenvalue weighted by Gasteiger charge is 2.33. The SMILES string of the molecule is CC(=O)N(CC1CC1)N(Cc1ccc(C(F)(F)F)cn1)C(=O)c1ccc2nc(N)c3cnn(C)c3c2c1. The Hall–Kier alpha value is -4.22. The highest BCUT2D eigenvalue weighted by molar-refractivity contribution is 6.10. The third kappa shape index (κ3) is 4.78. The van der Waals surface area contributed by atoms with Crippen LogP contribution in [0.15, 0.2) is 42.7 Å². The Balaban J connectivity index is 1.55. The molecular formula is C25H24F3N7O2. The zero-order valence-corrected chi connectivity index (χ0v) is 20.2. The predicted octanol–water partition coefficient (Wildman–Crippen LogP) is 3.93. The number of halogens is 3. The standard InChI is InChI=1S/C25H24F3N7O2/c1-14(36)34(12-15-3-4-15)35(13-18-7-6-17(10-30-18)25(26,27)28)24(37)16-5-8-21-19(9-16)22-20(23(29)32-21)11-31-33(22)2/h5-11,15H,3-4,12-13H2,1-2H3,(H2,29,32). The number of aryl methyl sites for hydroxylation is 1. The van der Waals surface area contributed by atoms with Gasteiger partial charge >= 0.3 is 6.18 Å². The smallest absolute Gasteiger partial charge is 0.383 e. The number of benzene rings is 1. The lowest BCUT2D eigenvalue weighted by atomic mass is 10.1. The fourth-order valence-electron chi connectivity index (χ4n) is 4.29. The number of nitrogens with two attached hydrogens (primary N) is 1. The molecule has 37 heavy (non-hydrogen) atoms. The van der Waals surface area contributed by atoms with Crippen LogP contribution in [0.5, 0.6) is 0 Å². The molecular weight excluding hydrogens is 487 g/mol. The number of rotatable bonds is 5. The van der Waals surface area contributed by atoms with Crippen LogP contribution in [0, 0.1) is 5.92 Å². The van der Waals surface area contributed by atoms with Crippen molar-refractivity contribution in [1.82, 2.24) is 29.8 Å². The second-order valence-electron chi connectivity index (χ2n) is 9.20. The van der Waals surface area contributed by atoms with Crippen molar-refractivity contribution in [2.24, 2.45) is 13.0 Å². The van der Waals surface area contributed by atoms with Gasteiger partial charge in [0, 0.05) is 37.7 Å². The second-order valence-corrected chi connectivity index (χ2v) is 9.20. The van der Waals surface area contributed by atoms with E-state index < -0.39 is 17.6 Å². The van der Waals surface area contributed by atoms with E-state index in [0.29, 0.717) is 34.2 Å². The molecule has 1 saturated carbocycles. The van der Waals surface area contributed by atoms with E-state index in [4.69, 9.17) is 5.73 Å². The van der Waals surface area contributed by atoms with Gasteiger partial charge in [0.25, 0.3) is 5.91 Å². The summed E-state index contributed by atoms with van der Waals surface area (Å²) in [5, 5.41) is 8.15. The normalized spacial score (nSPS) is 13.8. The van der Waals surface area contributed by atoms with Gasteiger partial charge in [0.15, 0.2) is 0 Å². The zero-order valence-electron chi connectivity index (χ0n) is 20.2. The van der Waals surface area contributed by atoms with Crippen LogP contribution < -0.4 is 5.73 Å². The first-order chi connectivity index (χ1) is 17.5. The van der Waals surface area contributed by atoms with Crippen molar-refractivity contribution in [2.75, 3.05) is 12.3 Å². The maximum absolute atomic E-state index is 13.8.